The molecule has 0 atom stereocenters. The third-order valence-corrected chi connectivity index (χ3v) is 5.64. The second-order valence-electron chi connectivity index (χ2n) is 7.66. The van der Waals surface area contributed by atoms with Crippen LogP contribution in [0.3, 0.4) is 0 Å². The van der Waals surface area contributed by atoms with E-state index in [-0.39, 0.29) is 17.1 Å². The zero-order valence-corrected chi connectivity index (χ0v) is 16.6. The molecule has 1 N–H and O–H groups in total. The van der Waals surface area contributed by atoms with Crippen molar-refractivity contribution in [2.24, 2.45) is 5.41 Å². The molecule has 1 heterocycles. The molecule has 1 aromatic carbocycles. The Kier molecular flexibility index (Phi) is 5.14. The van der Waals surface area contributed by atoms with Gasteiger partial charge in [-0.3, -0.25) is 14.9 Å². The average molecular weight is 372 g/mol. The lowest BCUT2D eigenvalue weighted by Crippen LogP contribution is -2.26. The van der Waals surface area contributed by atoms with E-state index in [0.717, 1.165) is 30.8 Å². The maximum absolute atomic E-state index is 12.5. The van der Waals surface area contributed by atoms with Crippen molar-refractivity contribution in [1.29, 1.82) is 0 Å². The number of hydrogen-bond donors (Lipinski definition) is 1. The molecule has 0 fully saturated rings. The summed E-state index contributed by atoms with van der Waals surface area (Å²) in [5.41, 5.74) is 2.40. The van der Waals surface area contributed by atoms with Gasteiger partial charge in [-0.2, -0.15) is 0 Å². The Morgan fingerprint density at radius 3 is 2.62 bits per heavy atom. The number of Topliss-reactive ketones (excluding diaryl/α,β-unsaturated/α-hetero) is 1. The van der Waals surface area contributed by atoms with Gasteiger partial charge in [0.2, 0.25) is 0 Å². The molecule has 0 spiro atoms. The number of benzene rings is 1. The van der Waals surface area contributed by atoms with E-state index in [1.54, 1.807) is 0 Å². The van der Waals surface area contributed by atoms with E-state index in [0.29, 0.717) is 22.0 Å². The van der Waals surface area contributed by atoms with Crippen LogP contribution in [0.5, 0.6) is 0 Å². The van der Waals surface area contributed by atoms with Gasteiger partial charge in [0.1, 0.15) is 0 Å². The average Bonchev–Trinajstić information content (AvgIpc) is 2.96. The highest BCUT2D eigenvalue weighted by atomic mass is 32.1. The van der Waals surface area contributed by atoms with Crippen molar-refractivity contribution in [3.05, 3.63) is 40.4 Å². The minimum absolute atomic E-state index is 0.0697. The lowest BCUT2D eigenvalue weighted by molar-refractivity contribution is 0.0915. The van der Waals surface area contributed by atoms with Gasteiger partial charge in [-0.25, -0.2) is 4.98 Å². The van der Waals surface area contributed by atoms with Crippen LogP contribution < -0.4 is 10.2 Å². The van der Waals surface area contributed by atoms with E-state index in [9.17, 15) is 9.59 Å². The molecule has 1 aromatic heterocycles. The monoisotopic (exact) mass is 371 g/mol. The Hall–Kier alpha value is -2.21. The second kappa shape index (κ2) is 7.19. The summed E-state index contributed by atoms with van der Waals surface area (Å²) in [6.45, 7) is 7.25. The van der Waals surface area contributed by atoms with Crippen molar-refractivity contribution >= 4 is 33.8 Å². The third-order valence-electron chi connectivity index (χ3n) is 4.59. The molecule has 0 saturated heterocycles. The molecule has 5 nitrogen and oxygen atoms in total. The van der Waals surface area contributed by atoms with Crippen LogP contribution in [0.4, 0.5) is 10.8 Å². The fourth-order valence-electron chi connectivity index (χ4n) is 3.27. The van der Waals surface area contributed by atoms with E-state index in [4.69, 9.17) is 0 Å². The molecule has 0 bridgehead atoms. The summed E-state index contributed by atoms with van der Waals surface area (Å²) in [5.74, 6) is -0.0786. The number of hydrogen-bond acceptors (Lipinski definition) is 5. The van der Waals surface area contributed by atoms with Gasteiger partial charge in [0.25, 0.3) is 5.91 Å². The van der Waals surface area contributed by atoms with Crippen LogP contribution >= 0.6 is 11.3 Å². The SMILES string of the molecule is CCCN(C)c1ccc(C(=O)Nc2nc3c(s2)C(=O)CC(C)(C)C3)cc1. The first-order valence-electron chi connectivity index (χ1n) is 8.94. The van der Waals surface area contributed by atoms with Gasteiger partial charge in [0, 0.05) is 31.3 Å². The van der Waals surface area contributed by atoms with Crippen molar-refractivity contribution in [3.8, 4) is 0 Å². The predicted molar refractivity (Wildman–Crippen MR) is 107 cm³/mol. The summed E-state index contributed by atoms with van der Waals surface area (Å²) >= 11 is 1.28. The first-order valence-corrected chi connectivity index (χ1v) is 9.76. The molecule has 0 aliphatic heterocycles. The summed E-state index contributed by atoms with van der Waals surface area (Å²) in [5, 5.41) is 3.34. The van der Waals surface area contributed by atoms with Gasteiger partial charge >= 0.3 is 0 Å². The van der Waals surface area contributed by atoms with Crippen LogP contribution in [0.15, 0.2) is 24.3 Å². The Balaban J connectivity index is 1.72. The van der Waals surface area contributed by atoms with Crippen molar-refractivity contribution < 1.29 is 9.59 Å². The summed E-state index contributed by atoms with van der Waals surface area (Å²) in [6, 6.07) is 7.53. The highest BCUT2D eigenvalue weighted by Crippen LogP contribution is 2.38. The van der Waals surface area contributed by atoms with Crippen LogP contribution in [0, 0.1) is 5.41 Å². The zero-order valence-electron chi connectivity index (χ0n) is 15.8. The molecule has 26 heavy (non-hydrogen) atoms. The van der Waals surface area contributed by atoms with Crippen LogP contribution in [-0.4, -0.2) is 30.3 Å². The number of thiazole rings is 1. The maximum Gasteiger partial charge on any atom is 0.257 e. The van der Waals surface area contributed by atoms with E-state index in [1.807, 2.05) is 31.3 Å². The number of aromatic nitrogens is 1. The number of rotatable bonds is 5. The number of nitrogens with one attached hydrogen (secondary N) is 1. The molecule has 138 valence electrons. The molecule has 1 aliphatic carbocycles. The predicted octanol–water partition coefficient (Wildman–Crippen LogP) is 4.40. The molecular weight excluding hydrogens is 346 g/mol. The van der Waals surface area contributed by atoms with Crippen LogP contribution in [0.25, 0.3) is 0 Å². The summed E-state index contributed by atoms with van der Waals surface area (Å²) in [7, 11) is 2.04. The number of carbonyl (C=O) groups excluding carboxylic acids is 2. The van der Waals surface area contributed by atoms with Crippen LogP contribution in [0.2, 0.25) is 0 Å². The van der Waals surface area contributed by atoms with Crippen molar-refractivity contribution in [1.82, 2.24) is 4.98 Å². The lowest BCUT2D eigenvalue weighted by atomic mass is 9.78. The summed E-state index contributed by atoms with van der Waals surface area (Å²) in [4.78, 5) is 32.1. The van der Waals surface area contributed by atoms with Crippen molar-refractivity contribution in [3.63, 3.8) is 0 Å². The van der Waals surface area contributed by atoms with E-state index >= 15 is 0 Å². The minimum Gasteiger partial charge on any atom is -0.375 e. The zero-order chi connectivity index (χ0) is 18.9. The summed E-state index contributed by atoms with van der Waals surface area (Å²) < 4.78 is 0. The number of ketones is 1. The molecule has 1 aliphatic rings. The number of amides is 1. The standard InChI is InChI=1S/C20H25N3O2S/c1-5-10-23(4)14-8-6-13(7-9-14)18(25)22-19-21-15-11-20(2,3)12-16(24)17(15)26-19/h6-9H,5,10-12H2,1-4H3,(H,21,22,25). The van der Waals surface area contributed by atoms with Gasteiger partial charge < -0.3 is 4.90 Å². The van der Waals surface area contributed by atoms with Gasteiger partial charge in [-0.15, -0.1) is 0 Å². The van der Waals surface area contributed by atoms with Crippen molar-refractivity contribution in [2.75, 3.05) is 23.8 Å². The third kappa shape index (κ3) is 3.96. The normalized spacial score (nSPS) is 15.5. The molecular formula is C20H25N3O2S. The van der Waals surface area contributed by atoms with Gasteiger partial charge in [0.05, 0.1) is 10.6 Å². The molecule has 0 unspecified atom stereocenters. The molecule has 2 aromatic rings. The first kappa shape index (κ1) is 18.6. The van der Waals surface area contributed by atoms with Crippen LogP contribution in [0.1, 0.15) is 59.3 Å². The van der Waals surface area contributed by atoms with Crippen LogP contribution in [-0.2, 0) is 6.42 Å². The Labute approximate surface area is 158 Å². The van der Waals surface area contributed by atoms with E-state index in [2.05, 4.69) is 36.0 Å². The number of anilines is 2. The quantitative estimate of drug-likeness (QED) is 0.846. The largest absolute Gasteiger partial charge is 0.375 e. The van der Waals surface area contributed by atoms with Crippen molar-refractivity contribution in [2.45, 2.75) is 40.0 Å². The topological polar surface area (TPSA) is 62.3 Å². The number of nitrogens with zero attached hydrogens (tertiary/aromatic N) is 2. The molecule has 1 amide bonds. The maximum atomic E-state index is 12.5. The molecule has 3 rings (SSSR count). The van der Waals surface area contributed by atoms with E-state index < -0.39 is 0 Å². The highest BCUT2D eigenvalue weighted by molar-refractivity contribution is 7.17. The minimum atomic E-state index is -0.201. The highest BCUT2D eigenvalue weighted by Gasteiger charge is 2.34. The fourth-order valence-corrected chi connectivity index (χ4v) is 4.19. The smallest absolute Gasteiger partial charge is 0.257 e. The van der Waals surface area contributed by atoms with Gasteiger partial charge in [-0.05, 0) is 42.5 Å². The number of fused-ring (bicyclic) bond motifs is 1. The molecule has 0 radical (unpaired) electrons. The fraction of sp³-hybridized carbons (Fsp3) is 0.450. The lowest BCUT2D eigenvalue weighted by Gasteiger charge is -2.26. The Morgan fingerprint density at radius 1 is 1.27 bits per heavy atom. The first-order chi connectivity index (χ1) is 12.3. The Morgan fingerprint density at radius 2 is 1.96 bits per heavy atom. The van der Waals surface area contributed by atoms with Gasteiger partial charge in [-0.1, -0.05) is 32.1 Å². The van der Waals surface area contributed by atoms with Gasteiger partial charge in [0.15, 0.2) is 10.9 Å². The van der Waals surface area contributed by atoms with E-state index in [1.165, 1.54) is 11.3 Å². The number of carbonyl (C=O) groups is 2. The second-order valence-corrected chi connectivity index (χ2v) is 8.66. The molecule has 0 saturated carbocycles. The Bertz CT molecular complexity index is 824. The molecule has 6 heteroatoms. The summed E-state index contributed by atoms with van der Waals surface area (Å²) in [6.07, 6.45) is 2.37.